The van der Waals surface area contributed by atoms with Crippen LogP contribution in [-0.4, -0.2) is 37.7 Å². The molecule has 0 aromatic heterocycles. The highest BCUT2D eigenvalue weighted by Crippen LogP contribution is 2.29. The van der Waals surface area contributed by atoms with Crippen molar-refractivity contribution in [3.05, 3.63) is 29.8 Å². The minimum Gasteiger partial charge on any atom is -0.490 e. The van der Waals surface area contributed by atoms with E-state index in [1.165, 1.54) is 12.5 Å². The first kappa shape index (κ1) is 21.8. The lowest BCUT2D eigenvalue weighted by Crippen LogP contribution is -2.42. The molecule has 1 aromatic rings. The number of carbonyl (C=O) groups is 2. The smallest absolute Gasteiger partial charge is 0.331 e. The Labute approximate surface area is 167 Å². The van der Waals surface area contributed by atoms with Crippen LogP contribution in [0.3, 0.4) is 0 Å². The van der Waals surface area contributed by atoms with E-state index >= 15 is 0 Å². The molecule has 6 nitrogen and oxygen atoms in total. The van der Waals surface area contributed by atoms with Crippen molar-refractivity contribution in [3.8, 4) is 11.5 Å². The second-order valence-electron chi connectivity index (χ2n) is 6.95. The molecule has 1 N–H and O–H groups in total. The first-order valence-corrected chi connectivity index (χ1v) is 10.1. The van der Waals surface area contributed by atoms with E-state index in [1.54, 1.807) is 18.2 Å². The van der Waals surface area contributed by atoms with Gasteiger partial charge in [-0.05, 0) is 56.4 Å². The van der Waals surface area contributed by atoms with Crippen molar-refractivity contribution >= 4 is 18.0 Å². The largest absolute Gasteiger partial charge is 0.490 e. The molecule has 0 spiro atoms. The molecule has 0 saturated heterocycles. The molecule has 0 heterocycles. The Morgan fingerprint density at radius 3 is 2.54 bits per heavy atom. The fourth-order valence-corrected chi connectivity index (χ4v) is 3.30. The predicted octanol–water partition coefficient (Wildman–Crippen LogP) is 3.74. The standard InChI is InChI=1S/C22H31NO5/c1-4-26-19-12-10-17(14-20(19)27-5-2)11-13-22(25)28-15-21(24)23-18-9-7-6-8-16(18)3/h10-14,16,18H,4-9,15H2,1-3H3,(H,23,24)/b13-11+/t16-,18+/m1/s1. The monoisotopic (exact) mass is 389 g/mol. The molecule has 2 rings (SSSR count). The van der Waals surface area contributed by atoms with Crippen LogP contribution in [0, 0.1) is 5.92 Å². The van der Waals surface area contributed by atoms with Crippen LogP contribution in [0.2, 0.25) is 0 Å². The van der Waals surface area contributed by atoms with Crippen molar-refractivity contribution in [1.29, 1.82) is 0 Å². The minimum absolute atomic E-state index is 0.177. The van der Waals surface area contributed by atoms with E-state index in [9.17, 15) is 9.59 Å². The van der Waals surface area contributed by atoms with E-state index in [1.807, 2.05) is 19.9 Å². The molecule has 28 heavy (non-hydrogen) atoms. The Hall–Kier alpha value is -2.50. The zero-order valence-corrected chi connectivity index (χ0v) is 17.0. The fourth-order valence-electron chi connectivity index (χ4n) is 3.30. The zero-order chi connectivity index (χ0) is 20.4. The SMILES string of the molecule is CCOc1ccc(/C=C/C(=O)OCC(=O)N[C@H]2CCCC[C@H]2C)cc1OCC. The second-order valence-corrected chi connectivity index (χ2v) is 6.95. The van der Waals surface area contributed by atoms with Gasteiger partial charge in [-0.25, -0.2) is 4.79 Å². The summed E-state index contributed by atoms with van der Waals surface area (Å²) in [6.45, 7) is 6.75. The molecule has 1 fully saturated rings. The number of carbonyl (C=O) groups excluding carboxylic acids is 2. The fraction of sp³-hybridized carbons (Fsp3) is 0.545. The molecule has 2 atom stereocenters. The molecular weight excluding hydrogens is 358 g/mol. The molecule has 1 saturated carbocycles. The Morgan fingerprint density at radius 1 is 1.11 bits per heavy atom. The maximum atomic E-state index is 12.0. The number of ether oxygens (including phenoxy) is 3. The van der Waals surface area contributed by atoms with E-state index < -0.39 is 5.97 Å². The average Bonchev–Trinajstić information content (AvgIpc) is 2.68. The molecule has 1 aliphatic rings. The van der Waals surface area contributed by atoms with Crippen LogP contribution in [0.15, 0.2) is 24.3 Å². The number of amides is 1. The van der Waals surface area contributed by atoms with E-state index in [0.29, 0.717) is 30.6 Å². The first-order valence-electron chi connectivity index (χ1n) is 10.1. The highest BCUT2D eigenvalue weighted by Gasteiger charge is 2.22. The van der Waals surface area contributed by atoms with Crippen molar-refractivity contribution in [3.63, 3.8) is 0 Å². The number of esters is 1. The number of nitrogens with one attached hydrogen (secondary N) is 1. The quantitative estimate of drug-likeness (QED) is 0.514. The summed E-state index contributed by atoms with van der Waals surface area (Å²) < 4.78 is 16.1. The number of hydrogen-bond donors (Lipinski definition) is 1. The Morgan fingerprint density at radius 2 is 1.82 bits per heavy atom. The maximum Gasteiger partial charge on any atom is 0.331 e. The lowest BCUT2D eigenvalue weighted by molar-refractivity contribution is -0.144. The number of rotatable bonds is 9. The third-order valence-corrected chi connectivity index (χ3v) is 4.78. The van der Waals surface area contributed by atoms with E-state index in [4.69, 9.17) is 14.2 Å². The summed E-state index contributed by atoms with van der Waals surface area (Å²) in [5.74, 6) is 0.949. The Kier molecular flexibility index (Phi) is 8.85. The molecule has 0 bridgehead atoms. The van der Waals surface area contributed by atoms with Gasteiger partial charge in [-0.15, -0.1) is 0 Å². The Bertz CT molecular complexity index is 686. The van der Waals surface area contributed by atoms with Crippen molar-refractivity contribution < 1.29 is 23.8 Å². The van der Waals surface area contributed by atoms with Crippen LogP contribution in [-0.2, 0) is 14.3 Å². The van der Waals surface area contributed by atoms with Gasteiger partial charge in [0, 0.05) is 12.1 Å². The molecule has 1 amide bonds. The van der Waals surface area contributed by atoms with Gasteiger partial charge in [0.2, 0.25) is 0 Å². The summed E-state index contributed by atoms with van der Waals surface area (Å²) in [6.07, 6.45) is 7.39. The molecule has 1 aliphatic carbocycles. The molecule has 1 aromatic carbocycles. The van der Waals surface area contributed by atoms with Crippen LogP contribution in [0.4, 0.5) is 0 Å². The second kappa shape index (κ2) is 11.4. The molecule has 154 valence electrons. The van der Waals surface area contributed by atoms with Gasteiger partial charge < -0.3 is 19.5 Å². The van der Waals surface area contributed by atoms with Crippen LogP contribution < -0.4 is 14.8 Å². The normalized spacial score (nSPS) is 19.2. The van der Waals surface area contributed by atoms with Crippen molar-refractivity contribution in [2.24, 2.45) is 5.92 Å². The highest BCUT2D eigenvalue weighted by molar-refractivity contribution is 5.89. The van der Waals surface area contributed by atoms with Crippen LogP contribution >= 0.6 is 0 Å². The van der Waals surface area contributed by atoms with Gasteiger partial charge in [0.15, 0.2) is 18.1 Å². The summed E-state index contributed by atoms with van der Waals surface area (Å²) in [4.78, 5) is 23.9. The third-order valence-electron chi connectivity index (χ3n) is 4.78. The molecule has 0 unspecified atom stereocenters. The molecule has 6 heteroatoms. The van der Waals surface area contributed by atoms with E-state index in [2.05, 4.69) is 12.2 Å². The predicted molar refractivity (Wildman–Crippen MR) is 108 cm³/mol. The molecule has 0 aliphatic heterocycles. The van der Waals surface area contributed by atoms with Gasteiger partial charge in [0.1, 0.15) is 0 Å². The van der Waals surface area contributed by atoms with Gasteiger partial charge in [0.05, 0.1) is 13.2 Å². The first-order chi connectivity index (χ1) is 13.5. The summed E-state index contributed by atoms with van der Waals surface area (Å²) in [5.41, 5.74) is 0.782. The molecular formula is C22H31NO5. The minimum atomic E-state index is -0.557. The third kappa shape index (κ3) is 6.91. The van der Waals surface area contributed by atoms with Crippen molar-refractivity contribution in [1.82, 2.24) is 5.32 Å². The van der Waals surface area contributed by atoms with Crippen LogP contribution in [0.25, 0.3) is 6.08 Å². The molecule has 0 radical (unpaired) electrons. The van der Waals surface area contributed by atoms with Gasteiger partial charge in [-0.2, -0.15) is 0 Å². The summed E-state index contributed by atoms with van der Waals surface area (Å²) in [6, 6.07) is 5.61. The van der Waals surface area contributed by atoms with Crippen LogP contribution in [0.5, 0.6) is 11.5 Å². The van der Waals surface area contributed by atoms with Gasteiger partial charge in [-0.3, -0.25) is 4.79 Å². The lowest BCUT2D eigenvalue weighted by Gasteiger charge is -2.29. The lowest BCUT2D eigenvalue weighted by atomic mass is 9.86. The number of benzene rings is 1. The van der Waals surface area contributed by atoms with Gasteiger partial charge >= 0.3 is 5.97 Å². The number of hydrogen-bond acceptors (Lipinski definition) is 5. The van der Waals surface area contributed by atoms with Gasteiger partial charge in [0.25, 0.3) is 5.91 Å². The van der Waals surface area contributed by atoms with Crippen LogP contribution in [0.1, 0.15) is 52.0 Å². The summed E-state index contributed by atoms with van der Waals surface area (Å²) in [5, 5.41) is 2.97. The summed E-state index contributed by atoms with van der Waals surface area (Å²) in [7, 11) is 0. The van der Waals surface area contributed by atoms with E-state index in [-0.39, 0.29) is 18.6 Å². The maximum absolute atomic E-state index is 12.0. The van der Waals surface area contributed by atoms with Crippen molar-refractivity contribution in [2.45, 2.75) is 52.5 Å². The Balaban J connectivity index is 1.84. The van der Waals surface area contributed by atoms with Crippen molar-refractivity contribution in [2.75, 3.05) is 19.8 Å². The topological polar surface area (TPSA) is 73.9 Å². The van der Waals surface area contributed by atoms with E-state index in [0.717, 1.165) is 24.8 Å². The summed E-state index contributed by atoms with van der Waals surface area (Å²) >= 11 is 0. The van der Waals surface area contributed by atoms with Gasteiger partial charge in [-0.1, -0.05) is 25.8 Å². The highest BCUT2D eigenvalue weighted by atomic mass is 16.5. The zero-order valence-electron chi connectivity index (χ0n) is 17.0. The average molecular weight is 389 g/mol.